The molecule has 0 spiro atoms. The van der Waals surface area contributed by atoms with Gasteiger partial charge < -0.3 is 9.52 Å². The first kappa shape index (κ1) is 14.3. The van der Waals surface area contributed by atoms with Gasteiger partial charge in [0.1, 0.15) is 11.4 Å². The molecule has 6 heteroatoms. The molecule has 1 aromatic carbocycles. The van der Waals surface area contributed by atoms with Crippen molar-refractivity contribution >= 4 is 10.0 Å². The van der Waals surface area contributed by atoms with Gasteiger partial charge in [0.15, 0.2) is 0 Å². The lowest BCUT2D eigenvalue weighted by atomic mass is 9.95. The summed E-state index contributed by atoms with van der Waals surface area (Å²) in [6.07, 6.45) is 3.21. The number of sulfonamides is 1. The lowest BCUT2D eigenvalue weighted by molar-refractivity contribution is -0.00224. The van der Waals surface area contributed by atoms with Crippen molar-refractivity contribution in [2.24, 2.45) is 5.92 Å². The maximum atomic E-state index is 12.2. The molecule has 1 unspecified atom stereocenters. The third-order valence-electron chi connectivity index (χ3n) is 3.79. The van der Waals surface area contributed by atoms with Crippen LogP contribution in [0.5, 0.6) is 0 Å². The summed E-state index contributed by atoms with van der Waals surface area (Å²) in [6, 6.07) is 11.5. The average molecular weight is 307 g/mol. The Labute approximate surface area is 123 Å². The van der Waals surface area contributed by atoms with Crippen LogP contribution in [0.15, 0.2) is 58.0 Å². The molecule has 1 atom stereocenters. The van der Waals surface area contributed by atoms with Crippen molar-refractivity contribution in [1.29, 1.82) is 0 Å². The highest BCUT2D eigenvalue weighted by Crippen LogP contribution is 2.45. The molecule has 0 saturated heterocycles. The maximum Gasteiger partial charge on any atom is 0.240 e. The molecule has 0 aliphatic heterocycles. The fraction of sp³-hybridized carbons (Fsp3) is 0.333. The molecular formula is C15H17NO4S. The Balaban J connectivity index is 1.79. The van der Waals surface area contributed by atoms with E-state index < -0.39 is 15.6 Å². The van der Waals surface area contributed by atoms with Crippen LogP contribution in [-0.2, 0) is 15.6 Å². The second-order valence-corrected chi connectivity index (χ2v) is 7.08. The third-order valence-corrected chi connectivity index (χ3v) is 5.20. The third kappa shape index (κ3) is 2.88. The summed E-state index contributed by atoms with van der Waals surface area (Å²) in [5, 5.41) is 10.8. The van der Waals surface area contributed by atoms with Crippen molar-refractivity contribution < 1.29 is 17.9 Å². The Morgan fingerprint density at radius 3 is 2.48 bits per heavy atom. The lowest BCUT2D eigenvalue weighted by Gasteiger charge is -2.26. The molecule has 5 nitrogen and oxygen atoms in total. The molecule has 1 aliphatic rings. The molecule has 112 valence electrons. The van der Waals surface area contributed by atoms with E-state index in [1.807, 2.05) is 0 Å². The van der Waals surface area contributed by atoms with Crippen LogP contribution in [0.3, 0.4) is 0 Å². The summed E-state index contributed by atoms with van der Waals surface area (Å²) in [5.74, 6) is 0.433. The van der Waals surface area contributed by atoms with Gasteiger partial charge in [-0.25, -0.2) is 13.1 Å². The van der Waals surface area contributed by atoms with Crippen LogP contribution in [0.25, 0.3) is 0 Å². The van der Waals surface area contributed by atoms with E-state index in [-0.39, 0.29) is 17.4 Å². The molecule has 1 aliphatic carbocycles. The van der Waals surface area contributed by atoms with Crippen LogP contribution in [0, 0.1) is 5.92 Å². The van der Waals surface area contributed by atoms with Crippen LogP contribution in [0.2, 0.25) is 0 Å². The molecule has 1 heterocycles. The van der Waals surface area contributed by atoms with Crippen molar-refractivity contribution in [2.45, 2.75) is 23.3 Å². The number of furan rings is 1. The lowest BCUT2D eigenvalue weighted by Crippen LogP contribution is -2.42. The van der Waals surface area contributed by atoms with Crippen LogP contribution in [0.4, 0.5) is 0 Å². The second-order valence-electron chi connectivity index (χ2n) is 5.31. The van der Waals surface area contributed by atoms with Crippen LogP contribution in [0.1, 0.15) is 18.6 Å². The SMILES string of the molecule is O=S(=O)(NCC(O)(c1ccco1)C1CC1)c1ccccc1. The quantitative estimate of drug-likeness (QED) is 0.853. The van der Waals surface area contributed by atoms with Crippen LogP contribution < -0.4 is 4.72 Å². The second kappa shape index (κ2) is 5.29. The fourth-order valence-corrected chi connectivity index (χ4v) is 3.50. The first-order chi connectivity index (χ1) is 10.0. The van der Waals surface area contributed by atoms with E-state index >= 15 is 0 Å². The van der Waals surface area contributed by atoms with Gasteiger partial charge in [0, 0.05) is 6.54 Å². The minimum atomic E-state index is -3.64. The summed E-state index contributed by atoms with van der Waals surface area (Å²) in [4.78, 5) is 0.183. The van der Waals surface area contributed by atoms with Gasteiger partial charge in [-0.2, -0.15) is 0 Å². The molecule has 1 saturated carbocycles. The Hall–Kier alpha value is -1.63. The van der Waals surface area contributed by atoms with E-state index in [1.165, 1.54) is 18.4 Å². The summed E-state index contributed by atoms with van der Waals surface area (Å²) in [6.45, 7) is -0.0948. The van der Waals surface area contributed by atoms with Crippen LogP contribution in [-0.4, -0.2) is 20.1 Å². The number of hydrogen-bond donors (Lipinski definition) is 2. The van der Waals surface area contributed by atoms with Gasteiger partial charge in [-0.15, -0.1) is 0 Å². The van der Waals surface area contributed by atoms with Crippen LogP contribution >= 0.6 is 0 Å². The number of aliphatic hydroxyl groups is 1. The summed E-state index contributed by atoms with van der Waals surface area (Å²) in [5.41, 5.74) is -1.29. The van der Waals surface area contributed by atoms with Crippen molar-refractivity contribution in [3.8, 4) is 0 Å². The topological polar surface area (TPSA) is 79.5 Å². The van der Waals surface area contributed by atoms with Crippen molar-refractivity contribution in [2.75, 3.05) is 6.54 Å². The van der Waals surface area contributed by atoms with E-state index in [0.717, 1.165) is 12.8 Å². The minimum absolute atomic E-state index is 0.0297. The number of benzene rings is 1. The molecule has 0 radical (unpaired) electrons. The zero-order valence-electron chi connectivity index (χ0n) is 11.4. The van der Waals surface area contributed by atoms with E-state index in [2.05, 4.69) is 4.72 Å². The highest BCUT2D eigenvalue weighted by molar-refractivity contribution is 7.89. The molecule has 1 aromatic heterocycles. The predicted molar refractivity (Wildman–Crippen MR) is 77.0 cm³/mol. The zero-order valence-corrected chi connectivity index (χ0v) is 12.2. The van der Waals surface area contributed by atoms with E-state index in [1.54, 1.807) is 30.3 Å². The zero-order chi connectivity index (χ0) is 14.9. The molecule has 1 fully saturated rings. The largest absolute Gasteiger partial charge is 0.466 e. The smallest absolute Gasteiger partial charge is 0.240 e. The molecule has 2 N–H and O–H groups in total. The molecule has 21 heavy (non-hydrogen) atoms. The van der Waals surface area contributed by atoms with Gasteiger partial charge >= 0.3 is 0 Å². The highest BCUT2D eigenvalue weighted by Gasteiger charge is 2.47. The van der Waals surface area contributed by atoms with E-state index in [0.29, 0.717) is 5.76 Å². The Kier molecular flexibility index (Phi) is 3.61. The predicted octanol–water partition coefficient (Wildman–Crippen LogP) is 1.86. The standard InChI is InChI=1S/C15H17NO4S/c17-15(12-8-9-12,14-7-4-10-20-14)11-16-21(18,19)13-5-2-1-3-6-13/h1-7,10,12,16-17H,8-9,11H2. The van der Waals surface area contributed by atoms with Gasteiger partial charge in [-0.05, 0) is 43.0 Å². The Morgan fingerprint density at radius 1 is 1.19 bits per heavy atom. The Bertz CT molecular complexity index is 693. The first-order valence-electron chi connectivity index (χ1n) is 6.83. The number of hydrogen-bond acceptors (Lipinski definition) is 4. The molecule has 0 bridgehead atoms. The number of rotatable bonds is 6. The van der Waals surface area contributed by atoms with E-state index in [9.17, 15) is 13.5 Å². The van der Waals surface area contributed by atoms with Gasteiger partial charge in [-0.3, -0.25) is 0 Å². The monoisotopic (exact) mass is 307 g/mol. The molecule has 2 aromatic rings. The fourth-order valence-electron chi connectivity index (χ4n) is 2.41. The van der Waals surface area contributed by atoms with E-state index in [4.69, 9.17) is 4.42 Å². The van der Waals surface area contributed by atoms with Gasteiger partial charge in [0.2, 0.25) is 10.0 Å². The summed E-state index contributed by atoms with van der Waals surface area (Å²) >= 11 is 0. The van der Waals surface area contributed by atoms with Gasteiger partial charge in [0.25, 0.3) is 0 Å². The number of nitrogens with one attached hydrogen (secondary N) is 1. The van der Waals surface area contributed by atoms with Gasteiger partial charge in [-0.1, -0.05) is 18.2 Å². The molecule has 0 amide bonds. The highest BCUT2D eigenvalue weighted by atomic mass is 32.2. The Morgan fingerprint density at radius 2 is 1.90 bits per heavy atom. The summed E-state index contributed by atoms with van der Waals surface area (Å²) < 4.78 is 32.3. The first-order valence-corrected chi connectivity index (χ1v) is 8.32. The van der Waals surface area contributed by atoms with Crippen molar-refractivity contribution in [3.63, 3.8) is 0 Å². The average Bonchev–Trinajstić information content (AvgIpc) is 3.21. The summed E-state index contributed by atoms with van der Waals surface area (Å²) in [7, 11) is -3.64. The van der Waals surface area contributed by atoms with Crippen molar-refractivity contribution in [3.05, 3.63) is 54.5 Å². The van der Waals surface area contributed by atoms with Crippen molar-refractivity contribution in [1.82, 2.24) is 4.72 Å². The minimum Gasteiger partial charge on any atom is -0.466 e. The molecular weight excluding hydrogens is 290 g/mol. The van der Waals surface area contributed by atoms with Gasteiger partial charge in [0.05, 0.1) is 11.2 Å². The normalized spacial score (nSPS) is 18.3. The molecule has 3 rings (SSSR count). The maximum absolute atomic E-state index is 12.2.